The predicted molar refractivity (Wildman–Crippen MR) is 113 cm³/mol. The van der Waals surface area contributed by atoms with E-state index in [1.54, 1.807) is 23.6 Å². The van der Waals surface area contributed by atoms with Crippen molar-refractivity contribution < 1.29 is 22.7 Å². The number of carbonyl (C=O) groups is 2. The van der Waals surface area contributed by atoms with Gasteiger partial charge in [-0.05, 0) is 31.0 Å². The second kappa shape index (κ2) is 9.64. The number of ether oxygens (including phenoxy) is 1. The van der Waals surface area contributed by atoms with E-state index >= 15 is 0 Å². The smallest absolute Gasteiger partial charge is 0.255 e. The molecule has 2 amide bonds. The van der Waals surface area contributed by atoms with Gasteiger partial charge >= 0.3 is 0 Å². The van der Waals surface area contributed by atoms with Crippen LogP contribution in [0.15, 0.2) is 23.1 Å². The van der Waals surface area contributed by atoms with Crippen LogP contribution in [0.2, 0.25) is 5.02 Å². The van der Waals surface area contributed by atoms with Gasteiger partial charge in [0, 0.05) is 45.9 Å². The van der Waals surface area contributed by atoms with Crippen LogP contribution < -0.4 is 0 Å². The maximum absolute atomic E-state index is 13.0. The van der Waals surface area contributed by atoms with Gasteiger partial charge in [-0.3, -0.25) is 9.59 Å². The number of carbonyl (C=O) groups excluding carboxylic acids is 2. The molecule has 2 heterocycles. The lowest BCUT2D eigenvalue weighted by Gasteiger charge is -2.36. The van der Waals surface area contributed by atoms with Crippen LogP contribution >= 0.6 is 11.6 Å². The summed E-state index contributed by atoms with van der Waals surface area (Å²) in [6, 6.07) is 4.22. The first kappa shape index (κ1) is 23.0. The number of hydrogen-bond donors (Lipinski definition) is 0. The van der Waals surface area contributed by atoms with E-state index in [9.17, 15) is 18.0 Å². The number of nitrogens with zero attached hydrogens (tertiary/aromatic N) is 3. The molecule has 0 aromatic heterocycles. The second-order valence-corrected chi connectivity index (χ2v) is 9.70. The van der Waals surface area contributed by atoms with E-state index in [0.29, 0.717) is 45.9 Å². The van der Waals surface area contributed by atoms with Crippen molar-refractivity contribution in [2.75, 3.05) is 45.9 Å². The van der Waals surface area contributed by atoms with Crippen molar-refractivity contribution in [2.45, 2.75) is 37.7 Å². The summed E-state index contributed by atoms with van der Waals surface area (Å²) in [6.45, 7) is 6.37. The van der Waals surface area contributed by atoms with Gasteiger partial charge in [-0.25, -0.2) is 8.42 Å². The van der Waals surface area contributed by atoms with Gasteiger partial charge in [-0.1, -0.05) is 25.4 Å². The summed E-state index contributed by atoms with van der Waals surface area (Å²) in [5, 5.41) is 0.205. The van der Waals surface area contributed by atoms with Gasteiger partial charge in [0.2, 0.25) is 10.0 Å². The number of hydrogen-bond acceptors (Lipinski definition) is 5. The van der Waals surface area contributed by atoms with Crippen molar-refractivity contribution >= 4 is 33.4 Å². The van der Waals surface area contributed by atoms with E-state index in [4.69, 9.17) is 16.3 Å². The molecule has 8 nitrogen and oxygen atoms in total. The highest BCUT2D eigenvalue weighted by Gasteiger charge is 2.32. The molecular weight excluding hydrogens is 430 g/mol. The zero-order valence-corrected chi connectivity index (χ0v) is 18.9. The maximum Gasteiger partial charge on any atom is 0.255 e. The lowest BCUT2D eigenvalue weighted by Crippen LogP contribution is -2.52. The Morgan fingerprint density at radius 1 is 1.13 bits per heavy atom. The van der Waals surface area contributed by atoms with Crippen LogP contribution in [0.4, 0.5) is 0 Å². The third-order valence-electron chi connectivity index (χ3n) is 5.60. The Morgan fingerprint density at radius 3 is 2.33 bits per heavy atom. The summed E-state index contributed by atoms with van der Waals surface area (Å²) >= 11 is 6.24. The van der Waals surface area contributed by atoms with Crippen LogP contribution in [0.5, 0.6) is 0 Å². The molecule has 1 aromatic rings. The molecule has 10 heteroatoms. The van der Waals surface area contributed by atoms with Gasteiger partial charge in [-0.15, -0.1) is 0 Å². The zero-order chi connectivity index (χ0) is 21.9. The molecule has 30 heavy (non-hydrogen) atoms. The predicted octanol–water partition coefficient (Wildman–Crippen LogP) is 1.83. The Kier molecular flexibility index (Phi) is 7.38. The largest absolute Gasteiger partial charge is 0.368 e. The first-order chi connectivity index (χ1) is 14.3. The van der Waals surface area contributed by atoms with E-state index in [0.717, 1.165) is 12.8 Å². The fourth-order valence-corrected chi connectivity index (χ4v) is 5.50. The molecule has 1 aromatic carbocycles. The zero-order valence-electron chi connectivity index (χ0n) is 17.3. The van der Waals surface area contributed by atoms with Crippen molar-refractivity contribution in [1.29, 1.82) is 0 Å². The van der Waals surface area contributed by atoms with E-state index in [1.165, 1.54) is 22.5 Å². The average Bonchev–Trinajstić information content (AvgIpc) is 3.28. The molecule has 0 aliphatic carbocycles. The number of halogens is 1. The molecule has 0 radical (unpaired) electrons. The number of piperazine rings is 1. The van der Waals surface area contributed by atoms with E-state index in [-0.39, 0.29) is 33.4 Å². The number of rotatable bonds is 6. The highest BCUT2D eigenvalue weighted by atomic mass is 35.5. The molecule has 0 N–H and O–H groups in total. The fraction of sp³-hybridized carbons (Fsp3) is 0.600. The maximum atomic E-state index is 13.0. The summed E-state index contributed by atoms with van der Waals surface area (Å²) < 4.78 is 32.4. The minimum atomic E-state index is -3.70. The van der Waals surface area contributed by atoms with Gasteiger partial charge in [0.15, 0.2) is 0 Å². The first-order valence-corrected chi connectivity index (χ1v) is 12.1. The lowest BCUT2D eigenvalue weighted by atomic mass is 10.1. The molecule has 0 spiro atoms. The molecule has 0 bridgehead atoms. The van der Waals surface area contributed by atoms with E-state index in [1.807, 2.05) is 0 Å². The minimum Gasteiger partial charge on any atom is -0.368 e. The quantitative estimate of drug-likeness (QED) is 0.650. The summed E-state index contributed by atoms with van der Waals surface area (Å²) in [5.41, 5.74) is 0.156. The van der Waals surface area contributed by atoms with Gasteiger partial charge < -0.3 is 14.5 Å². The standard InChI is InChI=1S/C20H28ClN3O5S/c1-3-24(4-2)30(27,28)15-7-8-17(21)16(14-15)19(25)22-9-11-23(12-10-22)20(26)18-6-5-13-29-18/h7-8,14,18H,3-6,9-13H2,1-2H3. The van der Waals surface area contributed by atoms with Crippen molar-refractivity contribution in [1.82, 2.24) is 14.1 Å². The van der Waals surface area contributed by atoms with Gasteiger partial charge in [-0.2, -0.15) is 4.31 Å². The molecule has 1 unspecified atom stereocenters. The molecular formula is C20H28ClN3O5S. The number of amides is 2. The minimum absolute atomic E-state index is 0.0232. The molecule has 1 atom stereocenters. The Balaban J connectivity index is 1.72. The molecule has 3 rings (SSSR count). The first-order valence-electron chi connectivity index (χ1n) is 10.3. The molecule has 2 saturated heterocycles. The number of benzene rings is 1. The van der Waals surface area contributed by atoms with Crippen molar-refractivity contribution in [3.05, 3.63) is 28.8 Å². The van der Waals surface area contributed by atoms with Crippen molar-refractivity contribution in [3.8, 4) is 0 Å². The molecule has 2 aliphatic heterocycles. The summed E-state index contributed by atoms with van der Waals surface area (Å²) in [6.07, 6.45) is 1.25. The van der Waals surface area contributed by atoms with Gasteiger partial charge in [0.1, 0.15) is 6.10 Å². The third-order valence-corrected chi connectivity index (χ3v) is 7.97. The third kappa shape index (κ3) is 4.64. The topological polar surface area (TPSA) is 87.2 Å². The van der Waals surface area contributed by atoms with E-state index < -0.39 is 10.0 Å². The molecule has 166 valence electrons. The molecule has 0 saturated carbocycles. The normalized spacial score (nSPS) is 20.1. The Bertz CT molecular complexity index is 890. The second-order valence-electron chi connectivity index (χ2n) is 7.35. The van der Waals surface area contributed by atoms with Crippen LogP contribution in [0.1, 0.15) is 37.0 Å². The van der Waals surface area contributed by atoms with Crippen LogP contribution in [-0.4, -0.2) is 86.3 Å². The van der Waals surface area contributed by atoms with Crippen molar-refractivity contribution in [3.63, 3.8) is 0 Å². The van der Waals surface area contributed by atoms with Crippen LogP contribution in [0.25, 0.3) is 0 Å². The fourth-order valence-electron chi connectivity index (χ4n) is 3.82. The lowest BCUT2D eigenvalue weighted by molar-refractivity contribution is -0.142. The number of sulfonamides is 1. The van der Waals surface area contributed by atoms with Crippen LogP contribution in [0, 0.1) is 0 Å². The summed E-state index contributed by atoms with van der Waals surface area (Å²) in [4.78, 5) is 28.9. The average molecular weight is 458 g/mol. The van der Waals surface area contributed by atoms with Crippen LogP contribution in [-0.2, 0) is 19.6 Å². The van der Waals surface area contributed by atoms with Crippen molar-refractivity contribution in [2.24, 2.45) is 0 Å². The monoisotopic (exact) mass is 457 g/mol. The Morgan fingerprint density at radius 2 is 1.77 bits per heavy atom. The Hall–Kier alpha value is -1.68. The van der Waals surface area contributed by atoms with Gasteiger partial charge in [0.05, 0.1) is 15.5 Å². The molecule has 2 aliphatic rings. The highest BCUT2D eigenvalue weighted by Crippen LogP contribution is 2.25. The Labute approximate surface area is 182 Å². The SMILES string of the molecule is CCN(CC)S(=O)(=O)c1ccc(Cl)c(C(=O)N2CCN(C(=O)C3CCCO3)CC2)c1. The summed E-state index contributed by atoms with van der Waals surface area (Å²) in [5.74, 6) is -0.356. The highest BCUT2D eigenvalue weighted by molar-refractivity contribution is 7.89. The van der Waals surface area contributed by atoms with Gasteiger partial charge in [0.25, 0.3) is 11.8 Å². The summed E-state index contributed by atoms with van der Waals surface area (Å²) in [7, 11) is -3.70. The van der Waals surface area contributed by atoms with E-state index in [2.05, 4.69) is 0 Å². The van der Waals surface area contributed by atoms with Crippen LogP contribution in [0.3, 0.4) is 0 Å². The molecule has 2 fully saturated rings.